The summed E-state index contributed by atoms with van der Waals surface area (Å²) in [6.45, 7) is 10.2. The molecule has 0 bridgehead atoms. The van der Waals surface area contributed by atoms with E-state index in [2.05, 4.69) is 47.9 Å². The van der Waals surface area contributed by atoms with Crippen LogP contribution in [-0.4, -0.2) is 57.5 Å². The summed E-state index contributed by atoms with van der Waals surface area (Å²) in [5, 5.41) is 0.665. The summed E-state index contributed by atoms with van der Waals surface area (Å²) in [5.41, 5.74) is 5.37. The van der Waals surface area contributed by atoms with Gasteiger partial charge < -0.3 is 19.1 Å². The second-order valence-corrected chi connectivity index (χ2v) is 10.8. The number of hydrogen-bond donors (Lipinski definition) is 0. The van der Waals surface area contributed by atoms with Gasteiger partial charge in [-0.1, -0.05) is 17.7 Å². The van der Waals surface area contributed by atoms with E-state index >= 15 is 0 Å². The van der Waals surface area contributed by atoms with Gasteiger partial charge in [0.05, 0.1) is 18.7 Å². The Kier molecular flexibility index (Phi) is 7.76. The van der Waals surface area contributed by atoms with Crippen LogP contribution in [0.4, 0.5) is 5.69 Å². The third-order valence-electron chi connectivity index (χ3n) is 8.40. The molecule has 190 valence electrons. The van der Waals surface area contributed by atoms with Gasteiger partial charge >= 0.3 is 0 Å². The number of nitrogens with zero attached hydrogens (tertiary/aromatic N) is 2. The Morgan fingerprint density at radius 3 is 2.60 bits per heavy atom. The minimum Gasteiger partial charge on any atom is -0.495 e. The second-order valence-electron chi connectivity index (χ2n) is 10.4. The van der Waals surface area contributed by atoms with Crippen molar-refractivity contribution in [2.24, 2.45) is 5.92 Å². The summed E-state index contributed by atoms with van der Waals surface area (Å²) in [6, 6.07) is 11.7. The third-order valence-corrected chi connectivity index (χ3v) is 8.71. The molecule has 0 aliphatic carbocycles. The first-order valence-electron chi connectivity index (χ1n) is 13.2. The zero-order valence-corrected chi connectivity index (χ0v) is 22.2. The predicted molar refractivity (Wildman–Crippen MR) is 142 cm³/mol. The lowest BCUT2D eigenvalue weighted by Crippen LogP contribution is -2.56. The maximum absolute atomic E-state index is 6.30. The molecule has 3 saturated heterocycles. The minimum atomic E-state index is 0.485. The van der Waals surface area contributed by atoms with Crippen LogP contribution in [0, 0.1) is 19.8 Å². The average molecular weight is 499 g/mol. The van der Waals surface area contributed by atoms with Crippen molar-refractivity contribution in [3.63, 3.8) is 0 Å². The molecule has 0 unspecified atom stereocenters. The van der Waals surface area contributed by atoms with Crippen LogP contribution in [0.25, 0.3) is 0 Å². The molecule has 6 heteroatoms. The number of methoxy groups -OCH3 is 1. The maximum atomic E-state index is 6.30. The molecule has 0 amide bonds. The number of benzene rings is 2. The van der Waals surface area contributed by atoms with E-state index in [0.717, 1.165) is 63.8 Å². The highest BCUT2D eigenvalue weighted by Gasteiger charge is 2.36. The Morgan fingerprint density at radius 1 is 0.971 bits per heavy atom. The molecule has 2 aromatic carbocycles. The number of piperazine rings is 1. The average Bonchev–Trinajstić information content (AvgIpc) is 2.90. The van der Waals surface area contributed by atoms with E-state index in [1.165, 1.54) is 41.6 Å². The molecule has 3 aliphatic heterocycles. The first-order valence-corrected chi connectivity index (χ1v) is 13.6. The Morgan fingerprint density at radius 2 is 1.80 bits per heavy atom. The molecule has 2 atom stereocenters. The van der Waals surface area contributed by atoms with Crippen molar-refractivity contribution in [1.82, 2.24) is 4.90 Å². The monoisotopic (exact) mass is 498 g/mol. The van der Waals surface area contributed by atoms with Gasteiger partial charge in [0.15, 0.2) is 0 Å². The zero-order valence-electron chi connectivity index (χ0n) is 21.4. The molecule has 0 spiro atoms. The minimum absolute atomic E-state index is 0.485. The highest BCUT2D eigenvalue weighted by molar-refractivity contribution is 6.32. The highest BCUT2D eigenvalue weighted by atomic mass is 35.5. The molecule has 0 radical (unpaired) electrons. The summed E-state index contributed by atoms with van der Waals surface area (Å²) in [5.74, 6) is 2.41. The lowest BCUT2D eigenvalue weighted by Gasteiger charge is -2.49. The fourth-order valence-electron chi connectivity index (χ4n) is 6.12. The summed E-state index contributed by atoms with van der Waals surface area (Å²) >= 11 is 6.27. The van der Waals surface area contributed by atoms with Gasteiger partial charge in [0, 0.05) is 56.7 Å². The fourth-order valence-corrected chi connectivity index (χ4v) is 6.31. The normalized spacial score (nSPS) is 23.7. The quantitative estimate of drug-likeness (QED) is 0.474. The number of fused-ring (bicyclic) bond motifs is 1. The first-order chi connectivity index (χ1) is 17.0. The van der Waals surface area contributed by atoms with Crippen LogP contribution in [0.3, 0.4) is 0 Å². The molecule has 35 heavy (non-hydrogen) atoms. The van der Waals surface area contributed by atoms with Crippen molar-refractivity contribution in [2.45, 2.75) is 58.0 Å². The van der Waals surface area contributed by atoms with E-state index < -0.39 is 0 Å². The lowest BCUT2D eigenvalue weighted by molar-refractivity contribution is 0.0496. The topological polar surface area (TPSA) is 34.2 Å². The largest absolute Gasteiger partial charge is 0.495 e. The summed E-state index contributed by atoms with van der Waals surface area (Å²) in [4.78, 5) is 5.26. The SMILES string of the molecule is COc1cc(N2CCN3[C@@H](CCC[C@@H]3c3ccc(OCC4CCOCC4)c(C)c3C)C2)ccc1Cl. The number of rotatable bonds is 6. The van der Waals surface area contributed by atoms with E-state index in [1.807, 2.05) is 6.07 Å². The Bertz CT molecular complexity index is 1020. The molecular weight excluding hydrogens is 460 g/mol. The Labute approximate surface area is 215 Å². The van der Waals surface area contributed by atoms with Gasteiger partial charge in [-0.3, -0.25) is 4.90 Å². The first kappa shape index (κ1) is 24.7. The second kappa shape index (κ2) is 11.0. The molecule has 3 heterocycles. The molecule has 0 aromatic heterocycles. The van der Waals surface area contributed by atoms with Crippen molar-refractivity contribution in [3.05, 3.63) is 52.0 Å². The van der Waals surface area contributed by atoms with Crippen LogP contribution in [0.1, 0.15) is 54.8 Å². The standard InChI is InChI=1S/C29H39ClN2O3/c1-20-21(2)28(35-19-22-11-15-34-16-12-22)10-8-25(20)27-6-4-5-24-18-31(13-14-32(24)27)23-7-9-26(30)29(17-23)33-3/h7-10,17,22,24,27H,4-6,11-16,18-19H2,1-3H3/t24-,27+/m0/s1. The molecule has 0 saturated carbocycles. The van der Waals surface area contributed by atoms with Crippen LogP contribution in [0.15, 0.2) is 30.3 Å². The summed E-state index contributed by atoms with van der Waals surface area (Å²) < 4.78 is 17.3. The van der Waals surface area contributed by atoms with Crippen molar-refractivity contribution in [3.8, 4) is 11.5 Å². The number of anilines is 1. The van der Waals surface area contributed by atoms with Gasteiger partial charge in [-0.15, -0.1) is 0 Å². The number of halogens is 1. The maximum Gasteiger partial charge on any atom is 0.139 e. The molecule has 0 N–H and O–H groups in total. The van der Waals surface area contributed by atoms with Gasteiger partial charge in [0.25, 0.3) is 0 Å². The third kappa shape index (κ3) is 5.28. The van der Waals surface area contributed by atoms with Crippen molar-refractivity contribution >= 4 is 17.3 Å². The van der Waals surface area contributed by atoms with Gasteiger partial charge in [-0.25, -0.2) is 0 Å². The van der Waals surface area contributed by atoms with Gasteiger partial charge in [-0.05, 0) is 86.8 Å². The van der Waals surface area contributed by atoms with E-state index in [1.54, 1.807) is 7.11 Å². The van der Waals surface area contributed by atoms with E-state index in [-0.39, 0.29) is 0 Å². The van der Waals surface area contributed by atoms with Crippen LogP contribution in [0.2, 0.25) is 5.02 Å². The van der Waals surface area contributed by atoms with Crippen LogP contribution < -0.4 is 14.4 Å². The molecule has 3 aliphatic rings. The Balaban J connectivity index is 1.28. The van der Waals surface area contributed by atoms with Gasteiger partial charge in [-0.2, -0.15) is 0 Å². The number of ether oxygens (including phenoxy) is 3. The molecule has 2 aromatic rings. The van der Waals surface area contributed by atoms with Crippen molar-refractivity contribution in [2.75, 3.05) is 51.5 Å². The lowest BCUT2D eigenvalue weighted by atomic mass is 9.86. The van der Waals surface area contributed by atoms with Crippen LogP contribution in [-0.2, 0) is 4.74 Å². The molecule has 3 fully saturated rings. The van der Waals surface area contributed by atoms with Crippen LogP contribution >= 0.6 is 11.6 Å². The van der Waals surface area contributed by atoms with E-state index in [4.69, 9.17) is 25.8 Å². The zero-order chi connectivity index (χ0) is 24.4. The fraction of sp³-hybridized carbons (Fsp3) is 0.586. The molecule has 5 rings (SSSR count). The smallest absolute Gasteiger partial charge is 0.139 e. The predicted octanol–water partition coefficient (Wildman–Crippen LogP) is 6.19. The van der Waals surface area contributed by atoms with Gasteiger partial charge in [0.2, 0.25) is 0 Å². The number of piperidine rings is 1. The highest BCUT2D eigenvalue weighted by Crippen LogP contribution is 2.40. The van der Waals surface area contributed by atoms with Crippen LogP contribution in [0.5, 0.6) is 11.5 Å². The van der Waals surface area contributed by atoms with E-state index in [9.17, 15) is 0 Å². The van der Waals surface area contributed by atoms with Crippen molar-refractivity contribution < 1.29 is 14.2 Å². The van der Waals surface area contributed by atoms with E-state index in [0.29, 0.717) is 23.0 Å². The molecular formula is C29H39ClN2O3. The number of hydrogen-bond acceptors (Lipinski definition) is 5. The van der Waals surface area contributed by atoms with Gasteiger partial charge in [0.1, 0.15) is 11.5 Å². The summed E-state index contributed by atoms with van der Waals surface area (Å²) in [6.07, 6.45) is 5.96. The summed E-state index contributed by atoms with van der Waals surface area (Å²) in [7, 11) is 1.68. The van der Waals surface area contributed by atoms with Crippen molar-refractivity contribution in [1.29, 1.82) is 0 Å². The molecule has 5 nitrogen and oxygen atoms in total. The Hall–Kier alpha value is -1.95.